The number of hydrogen-bond donors (Lipinski definition) is 4. The summed E-state index contributed by atoms with van der Waals surface area (Å²) in [5, 5.41) is 15.2. The Morgan fingerprint density at radius 3 is 2.39 bits per heavy atom. The molecule has 56 heavy (non-hydrogen) atoms. The van der Waals surface area contributed by atoms with Gasteiger partial charge < -0.3 is 26.4 Å². The average Bonchev–Trinajstić information content (AvgIpc) is 3.87. The molecular formula is C43H49FN8O4. The van der Waals surface area contributed by atoms with Crippen LogP contribution >= 0.6 is 0 Å². The number of carbonyl (C=O) groups excluding carboxylic acids is 3. The van der Waals surface area contributed by atoms with E-state index in [1.165, 1.54) is 6.07 Å². The van der Waals surface area contributed by atoms with Crippen LogP contribution in [0.3, 0.4) is 0 Å². The van der Waals surface area contributed by atoms with E-state index in [0.29, 0.717) is 60.5 Å². The molecule has 7 rings (SSSR count). The normalized spacial score (nSPS) is 16.2. The highest BCUT2D eigenvalue weighted by Gasteiger charge is 2.29. The molecule has 4 heterocycles. The molecule has 5 aromatic rings. The van der Waals surface area contributed by atoms with Crippen LogP contribution in [0.2, 0.25) is 0 Å². The largest absolute Gasteiger partial charge is 0.381 e. The minimum atomic E-state index is -0.378. The molecule has 0 saturated carbocycles. The fraction of sp³-hybridized carbons (Fsp3) is 0.372. The van der Waals surface area contributed by atoms with Gasteiger partial charge in [-0.2, -0.15) is 5.10 Å². The monoisotopic (exact) mass is 760 g/mol. The van der Waals surface area contributed by atoms with Crippen LogP contribution < -0.4 is 21.7 Å². The summed E-state index contributed by atoms with van der Waals surface area (Å²) in [5.41, 5.74) is 12.6. The van der Waals surface area contributed by atoms with Gasteiger partial charge in [-0.15, -0.1) is 0 Å². The summed E-state index contributed by atoms with van der Waals surface area (Å²) in [4.78, 5) is 45.9. The maximum Gasteiger partial charge on any atom is 0.251 e. The van der Waals surface area contributed by atoms with Crippen molar-refractivity contribution in [2.75, 3.05) is 25.1 Å². The van der Waals surface area contributed by atoms with Crippen molar-refractivity contribution in [3.05, 3.63) is 112 Å². The van der Waals surface area contributed by atoms with Gasteiger partial charge in [0.05, 0.1) is 23.3 Å². The van der Waals surface area contributed by atoms with Gasteiger partial charge in [0.15, 0.2) is 5.65 Å². The van der Waals surface area contributed by atoms with Gasteiger partial charge in [0.2, 0.25) is 5.91 Å². The fourth-order valence-corrected chi connectivity index (χ4v) is 7.77. The van der Waals surface area contributed by atoms with Crippen molar-refractivity contribution in [1.82, 2.24) is 30.3 Å². The molecule has 2 aliphatic heterocycles. The number of nitrogens with two attached hydrogens (primary N) is 1. The number of aromatic nitrogens is 3. The molecule has 3 aromatic carbocycles. The SMILES string of the molecule is CCc1nc2c(cnn2CC)c(NC2CCOCC2)c1CNC(=O)c1cccc(C(=O)NCc2ccc(F)c(-c3cccc(CN4CCC[C@H]4C(N)=O)c3)c2)c1. The Morgan fingerprint density at radius 2 is 1.66 bits per heavy atom. The smallest absolute Gasteiger partial charge is 0.251 e. The molecule has 0 radical (unpaired) electrons. The van der Waals surface area contributed by atoms with E-state index >= 15 is 4.39 Å². The third-order valence-corrected chi connectivity index (χ3v) is 10.8. The quantitative estimate of drug-likeness (QED) is 0.112. The Bertz CT molecular complexity index is 2230. The van der Waals surface area contributed by atoms with Crippen LogP contribution in [0.5, 0.6) is 0 Å². The zero-order chi connectivity index (χ0) is 39.2. The molecule has 0 unspecified atom stereocenters. The number of nitrogens with one attached hydrogen (secondary N) is 3. The summed E-state index contributed by atoms with van der Waals surface area (Å²) < 4.78 is 22.6. The fourth-order valence-electron chi connectivity index (χ4n) is 7.77. The van der Waals surface area contributed by atoms with Crippen molar-refractivity contribution < 1.29 is 23.5 Å². The van der Waals surface area contributed by atoms with E-state index in [2.05, 4.69) is 32.9 Å². The Labute approximate surface area is 326 Å². The molecule has 2 fully saturated rings. The third-order valence-electron chi connectivity index (χ3n) is 10.8. The summed E-state index contributed by atoms with van der Waals surface area (Å²) in [5.74, 6) is -1.38. The Morgan fingerprint density at radius 1 is 0.911 bits per heavy atom. The Balaban J connectivity index is 1.02. The van der Waals surface area contributed by atoms with Crippen LogP contribution in [-0.4, -0.2) is 69.2 Å². The van der Waals surface area contributed by atoms with E-state index in [0.717, 1.165) is 65.8 Å². The lowest BCUT2D eigenvalue weighted by Crippen LogP contribution is -2.39. The van der Waals surface area contributed by atoms with E-state index in [4.69, 9.17) is 15.5 Å². The summed E-state index contributed by atoms with van der Waals surface area (Å²) in [6, 6.07) is 18.9. The highest BCUT2D eigenvalue weighted by Crippen LogP contribution is 2.32. The molecule has 0 aliphatic carbocycles. The second-order valence-electron chi connectivity index (χ2n) is 14.5. The van der Waals surface area contributed by atoms with Crippen LogP contribution in [0.4, 0.5) is 10.1 Å². The van der Waals surface area contributed by atoms with E-state index < -0.39 is 0 Å². The van der Waals surface area contributed by atoms with Crippen LogP contribution in [-0.2, 0) is 42.1 Å². The first-order valence-corrected chi connectivity index (χ1v) is 19.5. The van der Waals surface area contributed by atoms with Crippen LogP contribution in [0.25, 0.3) is 22.2 Å². The van der Waals surface area contributed by atoms with Crippen molar-refractivity contribution in [3.63, 3.8) is 0 Å². The molecule has 5 N–H and O–H groups in total. The molecule has 2 aliphatic rings. The molecule has 0 bridgehead atoms. The maximum absolute atomic E-state index is 15.2. The number of fused-ring (bicyclic) bond motifs is 1. The van der Waals surface area contributed by atoms with E-state index in [-0.39, 0.29) is 48.7 Å². The van der Waals surface area contributed by atoms with Gasteiger partial charge in [-0.25, -0.2) is 14.1 Å². The van der Waals surface area contributed by atoms with Crippen LogP contribution in [0, 0.1) is 5.82 Å². The van der Waals surface area contributed by atoms with Crippen molar-refractivity contribution in [2.24, 2.45) is 5.73 Å². The summed E-state index contributed by atoms with van der Waals surface area (Å²) in [6.45, 7) is 7.89. The van der Waals surface area contributed by atoms with E-state index in [1.54, 1.807) is 36.4 Å². The minimum absolute atomic E-state index is 0.156. The van der Waals surface area contributed by atoms with E-state index in [9.17, 15) is 14.4 Å². The molecule has 12 nitrogen and oxygen atoms in total. The first-order valence-electron chi connectivity index (χ1n) is 19.5. The van der Waals surface area contributed by atoms with Crippen LogP contribution in [0.15, 0.2) is 72.9 Å². The lowest BCUT2D eigenvalue weighted by molar-refractivity contribution is -0.122. The van der Waals surface area contributed by atoms with Gasteiger partial charge in [0.25, 0.3) is 11.8 Å². The number of carbonyl (C=O) groups is 3. The molecule has 2 saturated heterocycles. The number of likely N-dealkylation sites (tertiary alicyclic amines) is 1. The molecule has 1 atom stereocenters. The van der Waals surface area contributed by atoms with Gasteiger partial charge in [0, 0.05) is 73.4 Å². The summed E-state index contributed by atoms with van der Waals surface area (Å²) in [7, 11) is 0. The van der Waals surface area contributed by atoms with Crippen molar-refractivity contribution in [3.8, 4) is 11.1 Å². The number of hydrogen-bond acceptors (Lipinski definition) is 8. The third kappa shape index (κ3) is 8.58. The molecule has 292 valence electrons. The Hall–Kier alpha value is -5.66. The number of rotatable bonds is 14. The molecule has 2 aromatic heterocycles. The number of aryl methyl sites for hydroxylation is 2. The number of nitrogens with zero attached hydrogens (tertiary/aromatic N) is 4. The van der Waals surface area contributed by atoms with Gasteiger partial charge in [-0.1, -0.05) is 37.3 Å². The number of amides is 3. The van der Waals surface area contributed by atoms with Gasteiger partial charge >= 0.3 is 0 Å². The van der Waals surface area contributed by atoms with Crippen molar-refractivity contribution in [2.45, 2.75) is 84.2 Å². The highest BCUT2D eigenvalue weighted by atomic mass is 19.1. The number of anilines is 1. The first-order chi connectivity index (χ1) is 27.2. The number of pyridine rings is 1. The minimum Gasteiger partial charge on any atom is -0.381 e. The molecular weight excluding hydrogens is 712 g/mol. The van der Waals surface area contributed by atoms with Gasteiger partial charge in [-0.3, -0.25) is 19.3 Å². The first kappa shape index (κ1) is 38.6. The summed E-state index contributed by atoms with van der Waals surface area (Å²) in [6.07, 6.45) is 5.92. The van der Waals surface area contributed by atoms with Crippen molar-refractivity contribution in [1.29, 1.82) is 0 Å². The second-order valence-corrected chi connectivity index (χ2v) is 14.5. The molecule has 13 heteroatoms. The lowest BCUT2D eigenvalue weighted by Gasteiger charge is -2.26. The number of halogens is 1. The molecule has 3 amide bonds. The lowest BCUT2D eigenvalue weighted by atomic mass is 10.00. The number of primary amides is 1. The topological polar surface area (TPSA) is 156 Å². The van der Waals surface area contributed by atoms with E-state index in [1.807, 2.05) is 42.1 Å². The molecule has 0 spiro atoms. The van der Waals surface area contributed by atoms with Gasteiger partial charge in [0.1, 0.15) is 5.82 Å². The zero-order valence-electron chi connectivity index (χ0n) is 31.9. The van der Waals surface area contributed by atoms with Crippen molar-refractivity contribution >= 4 is 34.4 Å². The predicted octanol–water partition coefficient (Wildman–Crippen LogP) is 5.72. The maximum atomic E-state index is 15.2. The Kier molecular flexibility index (Phi) is 12.0. The van der Waals surface area contributed by atoms with Crippen LogP contribution in [0.1, 0.15) is 82.6 Å². The zero-order valence-corrected chi connectivity index (χ0v) is 31.9. The summed E-state index contributed by atoms with van der Waals surface area (Å²) >= 11 is 0. The number of benzene rings is 3. The average molecular weight is 761 g/mol. The predicted molar refractivity (Wildman–Crippen MR) is 213 cm³/mol. The number of ether oxygens (including phenoxy) is 1. The standard InChI is InChI=1S/C43H49FN8O4/c1-3-37-34(39(49-32-15-18-56-19-16-32)35-25-48-52(4-2)41(35)50-37)24-47-43(55)31-11-6-10-30(22-31)42(54)46-23-27-13-14-36(44)33(21-27)29-9-5-8-28(20-29)26-51-17-7-12-38(51)40(45)53/h5-6,8-11,13-14,20-22,25,32,38H,3-4,7,12,15-19,23-24,26H2,1-2H3,(H2,45,53)(H,46,54)(H,47,55)(H,49,50)/t38-/m0/s1. The highest BCUT2D eigenvalue weighted by molar-refractivity contribution is 6.00. The van der Waals surface area contributed by atoms with Gasteiger partial charge in [-0.05, 0) is 98.7 Å². The second kappa shape index (κ2) is 17.4.